The summed E-state index contributed by atoms with van der Waals surface area (Å²) < 4.78 is 0. The van der Waals surface area contributed by atoms with Gasteiger partial charge in [0.05, 0.1) is 16.1 Å². The van der Waals surface area contributed by atoms with E-state index in [2.05, 4.69) is 0 Å². The molecule has 1 aromatic carbocycles. The molecule has 4 heteroatoms. The first-order valence-electron chi connectivity index (χ1n) is 4.42. The summed E-state index contributed by atoms with van der Waals surface area (Å²) in [4.78, 5) is 0. The van der Waals surface area contributed by atoms with Crippen LogP contribution in [0.4, 0.5) is 0 Å². The normalized spacial score (nSPS) is 21.5. The summed E-state index contributed by atoms with van der Waals surface area (Å²) in [5.41, 5.74) is 1.93. The van der Waals surface area contributed by atoms with E-state index in [9.17, 15) is 5.11 Å². The second kappa shape index (κ2) is 4.31. The van der Waals surface area contributed by atoms with Crippen LogP contribution in [-0.4, -0.2) is 10.9 Å². The molecular weight excluding hydrogens is 239 g/mol. The van der Waals surface area contributed by atoms with Crippen molar-refractivity contribution in [3.05, 3.63) is 33.3 Å². The fourth-order valence-corrected chi connectivity index (χ4v) is 3.14. The molecule has 0 bridgehead atoms. The van der Waals surface area contributed by atoms with Gasteiger partial charge in [0, 0.05) is 5.75 Å². The molecule has 14 heavy (non-hydrogen) atoms. The van der Waals surface area contributed by atoms with Crippen molar-refractivity contribution in [3.8, 4) is 0 Å². The average molecular weight is 249 g/mol. The van der Waals surface area contributed by atoms with Crippen LogP contribution in [0.25, 0.3) is 0 Å². The third-order valence-corrected chi connectivity index (χ3v) is 4.23. The first-order chi connectivity index (χ1) is 6.70. The predicted octanol–water partition coefficient (Wildman–Crippen LogP) is 3.66. The van der Waals surface area contributed by atoms with Crippen molar-refractivity contribution in [2.24, 2.45) is 0 Å². The Labute approximate surface area is 97.4 Å². The third kappa shape index (κ3) is 1.89. The maximum atomic E-state index is 9.84. The minimum Gasteiger partial charge on any atom is -0.388 e. The molecule has 0 saturated carbocycles. The average Bonchev–Trinajstić information content (AvgIpc) is 2.35. The van der Waals surface area contributed by atoms with Crippen molar-refractivity contribution >= 4 is 35.0 Å². The Kier molecular flexibility index (Phi) is 3.27. The van der Waals surface area contributed by atoms with Crippen LogP contribution < -0.4 is 0 Å². The molecule has 0 amide bonds. The second-order valence-corrected chi connectivity index (χ2v) is 5.18. The highest BCUT2D eigenvalue weighted by Gasteiger charge is 2.19. The number of hydrogen-bond acceptors (Lipinski definition) is 2. The number of fused-ring (bicyclic) bond motifs is 1. The van der Waals surface area contributed by atoms with E-state index in [0.29, 0.717) is 10.0 Å². The smallest absolute Gasteiger partial charge is 0.0801 e. The van der Waals surface area contributed by atoms with Gasteiger partial charge in [0.25, 0.3) is 0 Å². The Hall–Kier alpha value is 0.110. The summed E-state index contributed by atoms with van der Waals surface area (Å²) in [7, 11) is 0. The third-order valence-electron chi connectivity index (χ3n) is 2.37. The van der Waals surface area contributed by atoms with E-state index in [1.54, 1.807) is 17.8 Å². The van der Waals surface area contributed by atoms with E-state index >= 15 is 0 Å². The summed E-state index contributed by atoms with van der Waals surface area (Å²) >= 11 is 13.8. The van der Waals surface area contributed by atoms with Crippen molar-refractivity contribution in [3.63, 3.8) is 0 Å². The zero-order valence-corrected chi connectivity index (χ0v) is 9.79. The largest absolute Gasteiger partial charge is 0.388 e. The topological polar surface area (TPSA) is 20.2 Å². The summed E-state index contributed by atoms with van der Waals surface area (Å²) in [6.45, 7) is 0. The number of aliphatic hydroxyl groups excluding tert-OH is 1. The summed E-state index contributed by atoms with van der Waals surface area (Å²) in [6, 6.07) is 3.63. The van der Waals surface area contributed by atoms with Gasteiger partial charge >= 0.3 is 0 Å². The van der Waals surface area contributed by atoms with Crippen LogP contribution >= 0.6 is 35.0 Å². The van der Waals surface area contributed by atoms with E-state index in [1.807, 2.05) is 6.07 Å². The molecule has 1 aliphatic heterocycles. The van der Waals surface area contributed by atoms with Crippen molar-refractivity contribution in [2.75, 3.05) is 5.75 Å². The maximum Gasteiger partial charge on any atom is 0.0801 e. The zero-order valence-electron chi connectivity index (χ0n) is 7.46. The summed E-state index contributed by atoms with van der Waals surface area (Å²) in [5.74, 6) is 1.80. The van der Waals surface area contributed by atoms with Crippen LogP contribution in [-0.2, 0) is 5.75 Å². The lowest BCUT2D eigenvalue weighted by molar-refractivity contribution is 0.175. The summed E-state index contributed by atoms with van der Waals surface area (Å²) in [5, 5.41) is 11.0. The molecule has 1 N–H and O–H groups in total. The first kappa shape index (κ1) is 10.6. The van der Waals surface area contributed by atoms with Gasteiger partial charge in [-0.2, -0.15) is 11.8 Å². The van der Waals surface area contributed by atoms with Gasteiger partial charge in [0.1, 0.15) is 0 Å². The highest BCUT2D eigenvalue weighted by molar-refractivity contribution is 7.98. The molecule has 0 saturated heterocycles. The number of benzene rings is 1. The molecular formula is C10H10Cl2OS. The van der Waals surface area contributed by atoms with Crippen LogP contribution in [0.15, 0.2) is 12.1 Å². The number of thioether (sulfide) groups is 1. The van der Waals surface area contributed by atoms with Crippen molar-refractivity contribution < 1.29 is 5.11 Å². The number of rotatable bonds is 0. The molecule has 0 spiro atoms. The Bertz CT molecular complexity index is 354. The molecule has 1 nitrogen and oxygen atoms in total. The molecule has 2 rings (SSSR count). The Morgan fingerprint density at radius 3 is 2.93 bits per heavy atom. The monoisotopic (exact) mass is 248 g/mol. The number of hydrogen-bond donors (Lipinski definition) is 1. The number of halogens is 2. The lowest BCUT2D eigenvalue weighted by atomic mass is 10.0. The molecule has 0 unspecified atom stereocenters. The van der Waals surface area contributed by atoms with Crippen LogP contribution in [0.3, 0.4) is 0 Å². The Balaban J connectivity index is 2.53. The first-order valence-corrected chi connectivity index (χ1v) is 6.34. The second-order valence-electron chi connectivity index (χ2n) is 3.29. The molecule has 1 aliphatic rings. The van der Waals surface area contributed by atoms with Crippen molar-refractivity contribution in [1.82, 2.24) is 0 Å². The van der Waals surface area contributed by atoms with E-state index < -0.39 is 6.10 Å². The Morgan fingerprint density at radius 2 is 2.14 bits per heavy atom. The molecule has 1 aromatic rings. The lowest BCUT2D eigenvalue weighted by Crippen LogP contribution is -2.00. The van der Waals surface area contributed by atoms with E-state index in [0.717, 1.165) is 29.1 Å². The van der Waals surface area contributed by atoms with Gasteiger partial charge in [0.2, 0.25) is 0 Å². The fraction of sp³-hybridized carbons (Fsp3) is 0.400. The van der Waals surface area contributed by atoms with Gasteiger partial charge in [-0.05, 0) is 29.4 Å². The van der Waals surface area contributed by atoms with E-state index in [4.69, 9.17) is 23.2 Å². The van der Waals surface area contributed by atoms with Gasteiger partial charge in [0.15, 0.2) is 0 Å². The highest BCUT2D eigenvalue weighted by atomic mass is 35.5. The van der Waals surface area contributed by atoms with Crippen LogP contribution in [0.2, 0.25) is 10.0 Å². The van der Waals surface area contributed by atoms with Crippen LogP contribution in [0.5, 0.6) is 0 Å². The van der Waals surface area contributed by atoms with Gasteiger partial charge < -0.3 is 5.11 Å². The maximum absolute atomic E-state index is 9.84. The predicted molar refractivity (Wildman–Crippen MR) is 62.2 cm³/mol. The van der Waals surface area contributed by atoms with E-state index in [1.165, 1.54) is 0 Å². The zero-order chi connectivity index (χ0) is 10.1. The minimum absolute atomic E-state index is 0.394. The SMILES string of the molecule is O[C@@H]1CCSCc2c1ccc(Cl)c2Cl. The standard InChI is InChI=1S/C10H10Cl2OS/c11-8-2-1-6-7(10(8)12)5-14-4-3-9(6)13/h1-2,9,13H,3-5H2/t9-/m1/s1. The van der Waals surface area contributed by atoms with Crippen LogP contribution in [0, 0.1) is 0 Å². The van der Waals surface area contributed by atoms with Crippen molar-refractivity contribution in [2.45, 2.75) is 18.3 Å². The molecule has 1 heterocycles. The fourth-order valence-electron chi connectivity index (χ4n) is 1.59. The summed E-state index contributed by atoms with van der Waals surface area (Å²) in [6.07, 6.45) is 0.394. The molecule has 0 aromatic heterocycles. The van der Waals surface area contributed by atoms with Gasteiger partial charge in [-0.3, -0.25) is 0 Å². The van der Waals surface area contributed by atoms with Gasteiger partial charge in [-0.15, -0.1) is 0 Å². The lowest BCUT2D eigenvalue weighted by Gasteiger charge is -2.12. The molecule has 0 fully saturated rings. The van der Waals surface area contributed by atoms with Crippen molar-refractivity contribution in [1.29, 1.82) is 0 Å². The Morgan fingerprint density at radius 1 is 1.36 bits per heavy atom. The van der Waals surface area contributed by atoms with E-state index in [-0.39, 0.29) is 0 Å². The minimum atomic E-state index is -0.394. The van der Waals surface area contributed by atoms with Gasteiger partial charge in [-0.25, -0.2) is 0 Å². The molecule has 0 aliphatic carbocycles. The quantitative estimate of drug-likeness (QED) is 0.757. The van der Waals surface area contributed by atoms with Crippen LogP contribution in [0.1, 0.15) is 23.7 Å². The molecule has 0 radical (unpaired) electrons. The number of aliphatic hydroxyl groups is 1. The molecule has 1 atom stereocenters. The highest BCUT2D eigenvalue weighted by Crippen LogP contribution is 2.37. The molecule has 76 valence electrons. The van der Waals surface area contributed by atoms with Gasteiger partial charge in [-0.1, -0.05) is 29.3 Å².